The van der Waals surface area contributed by atoms with Crippen molar-refractivity contribution in [1.29, 1.82) is 0 Å². The topological polar surface area (TPSA) is 8.81 Å². The highest BCUT2D eigenvalue weighted by Gasteiger charge is 1.87. The van der Waals surface area contributed by atoms with Gasteiger partial charge in [-0.3, -0.25) is 0 Å². The zero-order valence-electron chi connectivity index (χ0n) is 7.39. The summed E-state index contributed by atoms with van der Waals surface area (Å²) in [6, 6.07) is 0. The van der Waals surface area contributed by atoms with E-state index in [9.17, 15) is 0 Å². The van der Waals surface area contributed by atoms with Gasteiger partial charge in [0, 0.05) is 0 Å². The van der Waals surface area contributed by atoms with Crippen molar-refractivity contribution in [2.24, 2.45) is 14.1 Å². The fraction of sp³-hybridized carbons (Fsp3) is 0.400. The van der Waals surface area contributed by atoms with Crippen LogP contribution in [0.15, 0.2) is 18.6 Å². The van der Waals surface area contributed by atoms with E-state index in [0.29, 0.717) is 0 Å². The van der Waals surface area contributed by atoms with Gasteiger partial charge in [0.25, 0.3) is 0 Å². The normalized spacial score (nSPS) is 15.4. The lowest BCUT2D eigenvalue weighted by atomic mass is 10.9. The highest BCUT2D eigenvalue weighted by atomic mass is 15.1. The maximum absolute atomic E-state index is 7.29. The molecule has 0 unspecified atom stereocenters. The van der Waals surface area contributed by atoms with Gasteiger partial charge >= 0.3 is 0 Å². The summed E-state index contributed by atoms with van der Waals surface area (Å²) in [5, 5.41) is 0. The molecule has 1 aromatic rings. The second-order valence-electron chi connectivity index (χ2n) is 1.44. The molecule has 0 N–H and O–H groups in total. The maximum atomic E-state index is 7.29. The molecule has 0 aliphatic heterocycles. The predicted octanol–water partition coefficient (Wildman–Crippen LogP) is -0.150. The van der Waals surface area contributed by atoms with E-state index in [1.807, 2.05) is 0 Å². The van der Waals surface area contributed by atoms with E-state index in [-0.39, 0.29) is 18.6 Å². The van der Waals surface area contributed by atoms with Gasteiger partial charge in [0.05, 0.1) is 14.1 Å². The third-order valence-corrected chi connectivity index (χ3v) is 0.685. The fourth-order valence-corrected chi connectivity index (χ4v) is 0.425. The Balaban J connectivity index is 3.44. The minimum Gasteiger partial charge on any atom is -0.240 e. The van der Waals surface area contributed by atoms with Crippen molar-refractivity contribution in [3.63, 3.8) is 0 Å². The van der Waals surface area contributed by atoms with Crippen LogP contribution in [0.2, 0.25) is 0 Å². The van der Waals surface area contributed by atoms with E-state index >= 15 is 0 Å². The maximum Gasteiger partial charge on any atom is 0.243 e. The van der Waals surface area contributed by atoms with Gasteiger partial charge < -0.3 is 0 Å². The van der Waals surface area contributed by atoms with Crippen molar-refractivity contribution in [2.45, 2.75) is 0 Å². The number of nitrogens with zero attached hydrogens (tertiary/aromatic N) is 2. The number of aromatic nitrogens is 2. The van der Waals surface area contributed by atoms with E-state index in [2.05, 4.69) is 0 Å². The van der Waals surface area contributed by atoms with Gasteiger partial charge in [0.15, 0.2) is 1.37 Å². The first-order valence-corrected chi connectivity index (χ1v) is 2.04. The van der Waals surface area contributed by atoms with E-state index < -0.39 is 0 Å². The fourth-order valence-electron chi connectivity index (χ4n) is 0.425. The third-order valence-electron chi connectivity index (χ3n) is 0.685. The molecule has 0 saturated heterocycles. The monoisotopic (exact) mass is 100 g/mol. The van der Waals surface area contributed by atoms with Gasteiger partial charge in [-0.25, -0.2) is 9.13 Å². The molecule has 38 valence electrons. The van der Waals surface area contributed by atoms with E-state index in [0.717, 1.165) is 0 Å². The second kappa shape index (κ2) is 1.37. The van der Waals surface area contributed by atoms with Crippen LogP contribution in [0.4, 0.5) is 0 Å². The summed E-state index contributed by atoms with van der Waals surface area (Å²) in [6.07, 6.45) is 0.329. The summed E-state index contributed by atoms with van der Waals surface area (Å²) >= 11 is 0. The van der Waals surface area contributed by atoms with Crippen LogP contribution in [0, 0.1) is 0 Å². The largest absolute Gasteiger partial charge is 0.243 e. The van der Waals surface area contributed by atoms with Crippen LogP contribution in [-0.4, -0.2) is 4.57 Å². The van der Waals surface area contributed by atoms with E-state index in [1.54, 1.807) is 14.1 Å². The van der Waals surface area contributed by atoms with Crippen LogP contribution < -0.4 is 4.57 Å². The lowest BCUT2D eigenvalue weighted by Crippen LogP contribution is -2.23. The minimum absolute atomic E-state index is 0.0764. The number of hydrogen-bond acceptors (Lipinski definition) is 0. The Kier molecular flexibility index (Phi) is 0.389. The van der Waals surface area contributed by atoms with Gasteiger partial charge in [0.2, 0.25) is 6.30 Å². The van der Waals surface area contributed by atoms with Crippen molar-refractivity contribution >= 4 is 0 Å². The highest BCUT2D eigenvalue weighted by Crippen LogP contribution is 1.70. The summed E-state index contributed by atoms with van der Waals surface area (Å²) in [5.74, 6) is 0. The standard InChI is InChI=1S/C5H9N2/c1-6-3-4-7(2)5-6/h3-5H,1-2H3/q+1/i3D,4D,5D. The molecule has 1 heterocycles. The molecular weight excluding hydrogens is 88.1 g/mol. The Labute approximate surface area is 47.2 Å². The predicted molar refractivity (Wildman–Crippen MR) is 26.6 cm³/mol. The average Bonchev–Trinajstić information content (AvgIpc) is 2.07. The molecule has 0 spiro atoms. The third kappa shape index (κ3) is 0.796. The van der Waals surface area contributed by atoms with Gasteiger partial charge in [0.1, 0.15) is 15.1 Å². The van der Waals surface area contributed by atoms with Crippen LogP contribution >= 0.6 is 0 Å². The highest BCUT2D eigenvalue weighted by molar-refractivity contribution is 4.60. The Morgan fingerprint density at radius 2 is 2.57 bits per heavy atom. The van der Waals surface area contributed by atoms with Gasteiger partial charge in [-0.15, -0.1) is 0 Å². The Morgan fingerprint density at radius 1 is 1.86 bits per heavy atom. The summed E-state index contributed by atoms with van der Waals surface area (Å²) < 4.78 is 24.5. The Morgan fingerprint density at radius 3 is 2.71 bits per heavy atom. The van der Waals surface area contributed by atoms with E-state index in [1.165, 1.54) is 9.13 Å². The molecule has 0 radical (unpaired) electrons. The molecular formula is C5H9N2+. The first kappa shape index (κ1) is 1.99. The molecule has 0 atom stereocenters. The van der Waals surface area contributed by atoms with Crippen LogP contribution in [0.3, 0.4) is 0 Å². The number of rotatable bonds is 0. The van der Waals surface area contributed by atoms with Crippen LogP contribution in [0.25, 0.3) is 0 Å². The Bertz CT molecular complexity index is 186. The first-order chi connectivity index (χ1) is 4.55. The van der Waals surface area contributed by atoms with E-state index in [4.69, 9.17) is 4.11 Å². The molecule has 1 rings (SSSR count). The SMILES string of the molecule is [2H]c1c([2H])[n+](C)c([2H])n1C. The summed E-state index contributed by atoms with van der Waals surface area (Å²) in [6.45, 7) is 0. The van der Waals surface area contributed by atoms with Gasteiger partial charge in [-0.2, -0.15) is 0 Å². The molecule has 2 heteroatoms. The van der Waals surface area contributed by atoms with Crippen molar-refractivity contribution in [1.82, 2.24) is 4.57 Å². The minimum atomic E-state index is 0.0764. The van der Waals surface area contributed by atoms with Gasteiger partial charge in [-0.1, -0.05) is 0 Å². The number of imidazole rings is 1. The van der Waals surface area contributed by atoms with Crippen LogP contribution in [-0.2, 0) is 14.1 Å². The summed E-state index contributed by atoms with van der Waals surface area (Å²) in [7, 11) is 3.20. The molecule has 0 bridgehead atoms. The summed E-state index contributed by atoms with van der Waals surface area (Å²) in [5.41, 5.74) is 0. The quantitative estimate of drug-likeness (QED) is 0.401. The Hall–Kier alpha value is -0.790. The molecule has 0 aliphatic rings. The van der Waals surface area contributed by atoms with Crippen molar-refractivity contribution < 1.29 is 8.68 Å². The van der Waals surface area contributed by atoms with Gasteiger partial charge in [-0.05, 0) is 0 Å². The lowest BCUT2D eigenvalue weighted by Gasteiger charge is -1.72. The van der Waals surface area contributed by atoms with Crippen LogP contribution in [0.5, 0.6) is 0 Å². The second-order valence-corrected chi connectivity index (χ2v) is 1.44. The molecule has 1 aromatic heterocycles. The molecule has 0 aromatic carbocycles. The summed E-state index contributed by atoms with van der Waals surface area (Å²) in [4.78, 5) is 0. The molecule has 0 fully saturated rings. The van der Waals surface area contributed by atoms with Crippen molar-refractivity contribution in [2.75, 3.05) is 0 Å². The van der Waals surface area contributed by atoms with Crippen LogP contribution in [0.1, 0.15) is 4.11 Å². The molecule has 0 aliphatic carbocycles. The number of hydrogen-bond donors (Lipinski definition) is 0. The molecule has 7 heavy (non-hydrogen) atoms. The lowest BCUT2D eigenvalue weighted by molar-refractivity contribution is -0.670. The molecule has 0 amide bonds. The van der Waals surface area contributed by atoms with Crippen molar-refractivity contribution in [3.8, 4) is 0 Å². The smallest absolute Gasteiger partial charge is 0.240 e. The first-order valence-electron chi connectivity index (χ1n) is 3.54. The zero-order valence-corrected chi connectivity index (χ0v) is 4.39. The zero-order chi connectivity index (χ0) is 7.89. The molecule has 2 nitrogen and oxygen atoms in total. The van der Waals surface area contributed by atoms with Crippen molar-refractivity contribution in [3.05, 3.63) is 18.6 Å². The molecule has 0 saturated carbocycles. The average molecular weight is 100 g/mol.